The highest BCUT2D eigenvalue weighted by Crippen LogP contribution is 2.08. The summed E-state index contributed by atoms with van der Waals surface area (Å²) in [6.07, 6.45) is 9.17. The topological polar surface area (TPSA) is 42.9 Å². The summed E-state index contributed by atoms with van der Waals surface area (Å²) in [6.45, 7) is 7.06. The molecule has 1 aliphatic carbocycles. The number of rotatable bonds is 5. The normalized spacial score (nSPS) is 22.5. The lowest BCUT2D eigenvalue weighted by Crippen LogP contribution is -2.43. The molecule has 0 saturated carbocycles. The maximum atomic E-state index is 4.31. The van der Waals surface area contributed by atoms with E-state index in [9.17, 15) is 0 Å². The SMILES string of the molecule is CN=C(NCCCN1CCCN(C)CC1)NC1CC=CC1. The minimum Gasteiger partial charge on any atom is -0.356 e. The third-order valence-corrected chi connectivity index (χ3v) is 4.33. The van der Waals surface area contributed by atoms with Crippen molar-refractivity contribution in [2.24, 2.45) is 4.99 Å². The Kier molecular flexibility index (Phi) is 7.03. The Hall–Kier alpha value is -1.07. The second kappa shape index (κ2) is 9.05. The molecule has 0 aromatic rings. The van der Waals surface area contributed by atoms with Crippen molar-refractivity contribution in [3.05, 3.63) is 12.2 Å². The molecule has 5 nitrogen and oxygen atoms in total. The smallest absolute Gasteiger partial charge is 0.191 e. The number of hydrogen-bond donors (Lipinski definition) is 2. The Morgan fingerprint density at radius 3 is 2.76 bits per heavy atom. The fourth-order valence-corrected chi connectivity index (χ4v) is 2.96. The van der Waals surface area contributed by atoms with Crippen LogP contribution in [0.4, 0.5) is 0 Å². The largest absolute Gasteiger partial charge is 0.356 e. The van der Waals surface area contributed by atoms with Crippen molar-refractivity contribution >= 4 is 5.96 Å². The Balaban J connectivity index is 1.57. The fourth-order valence-electron chi connectivity index (χ4n) is 2.96. The van der Waals surface area contributed by atoms with E-state index in [1.165, 1.54) is 45.6 Å². The van der Waals surface area contributed by atoms with Crippen LogP contribution in [0.25, 0.3) is 0 Å². The Labute approximate surface area is 129 Å². The highest BCUT2D eigenvalue weighted by molar-refractivity contribution is 5.80. The van der Waals surface area contributed by atoms with E-state index >= 15 is 0 Å². The Morgan fingerprint density at radius 2 is 2.00 bits per heavy atom. The highest BCUT2D eigenvalue weighted by atomic mass is 15.2. The fraction of sp³-hybridized carbons (Fsp3) is 0.812. The molecule has 1 aliphatic heterocycles. The van der Waals surface area contributed by atoms with Crippen LogP contribution in [0.2, 0.25) is 0 Å². The maximum Gasteiger partial charge on any atom is 0.191 e. The molecule has 0 amide bonds. The van der Waals surface area contributed by atoms with E-state index in [1.54, 1.807) is 0 Å². The van der Waals surface area contributed by atoms with Gasteiger partial charge < -0.3 is 20.4 Å². The summed E-state index contributed by atoms with van der Waals surface area (Å²) in [5.41, 5.74) is 0. The van der Waals surface area contributed by atoms with Crippen molar-refractivity contribution in [1.82, 2.24) is 20.4 Å². The molecule has 1 fully saturated rings. The predicted molar refractivity (Wildman–Crippen MR) is 89.8 cm³/mol. The van der Waals surface area contributed by atoms with Crippen LogP contribution in [0.1, 0.15) is 25.7 Å². The average molecular weight is 293 g/mol. The molecule has 5 heteroatoms. The molecule has 2 aliphatic rings. The minimum atomic E-state index is 0.525. The van der Waals surface area contributed by atoms with Crippen LogP contribution in [-0.2, 0) is 0 Å². The number of likely N-dealkylation sites (N-methyl/N-ethyl adjacent to an activating group) is 1. The summed E-state index contributed by atoms with van der Waals surface area (Å²) in [7, 11) is 4.07. The average Bonchev–Trinajstić information content (AvgIpc) is 2.91. The molecule has 120 valence electrons. The predicted octanol–water partition coefficient (Wildman–Crippen LogP) is 0.898. The lowest BCUT2D eigenvalue weighted by atomic mass is 10.2. The van der Waals surface area contributed by atoms with Crippen LogP contribution in [-0.4, -0.2) is 75.2 Å². The van der Waals surface area contributed by atoms with Crippen LogP contribution in [0.3, 0.4) is 0 Å². The van der Waals surface area contributed by atoms with Crippen molar-refractivity contribution in [2.45, 2.75) is 31.7 Å². The van der Waals surface area contributed by atoms with Gasteiger partial charge in [0, 0.05) is 32.7 Å². The monoisotopic (exact) mass is 293 g/mol. The van der Waals surface area contributed by atoms with E-state index in [1.807, 2.05) is 7.05 Å². The summed E-state index contributed by atoms with van der Waals surface area (Å²) >= 11 is 0. The van der Waals surface area contributed by atoms with E-state index in [0.717, 1.165) is 25.3 Å². The van der Waals surface area contributed by atoms with Gasteiger partial charge in [0.1, 0.15) is 0 Å². The zero-order chi connectivity index (χ0) is 14.9. The molecule has 1 saturated heterocycles. The molecule has 0 bridgehead atoms. The zero-order valence-electron chi connectivity index (χ0n) is 13.6. The Bertz CT molecular complexity index is 345. The van der Waals surface area contributed by atoms with Gasteiger partial charge in [-0.2, -0.15) is 0 Å². The third-order valence-electron chi connectivity index (χ3n) is 4.33. The molecular formula is C16H31N5. The molecule has 0 unspecified atom stereocenters. The highest BCUT2D eigenvalue weighted by Gasteiger charge is 2.13. The van der Waals surface area contributed by atoms with Crippen molar-refractivity contribution in [3.63, 3.8) is 0 Å². The van der Waals surface area contributed by atoms with E-state index in [0.29, 0.717) is 6.04 Å². The lowest BCUT2D eigenvalue weighted by Gasteiger charge is -2.21. The van der Waals surface area contributed by atoms with Gasteiger partial charge in [0.15, 0.2) is 5.96 Å². The summed E-state index contributed by atoms with van der Waals surface area (Å²) in [5.74, 6) is 0.944. The molecule has 1 heterocycles. The van der Waals surface area contributed by atoms with Crippen LogP contribution in [0, 0.1) is 0 Å². The summed E-state index contributed by atoms with van der Waals surface area (Å²) in [5, 5.41) is 6.91. The molecule has 2 N–H and O–H groups in total. The standard InChI is InChI=1S/C16H31N5/c1-17-16(19-15-7-3-4-8-15)18-9-5-11-21-12-6-10-20(2)13-14-21/h3-4,15H,5-14H2,1-2H3,(H2,17,18,19). The molecule has 21 heavy (non-hydrogen) atoms. The van der Waals surface area contributed by atoms with Gasteiger partial charge in [-0.1, -0.05) is 12.2 Å². The van der Waals surface area contributed by atoms with Crippen LogP contribution in [0.15, 0.2) is 17.1 Å². The number of nitrogens with zero attached hydrogens (tertiary/aromatic N) is 3. The second-order valence-electron chi connectivity index (χ2n) is 6.14. The van der Waals surface area contributed by atoms with Crippen LogP contribution < -0.4 is 10.6 Å². The van der Waals surface area contributed by atoms with Gasteiger partial charge in [0.05, 0.1) is 0 Å². The van der Waals surface area contributed by atoms with E-state index in [-0.39, 0.29) is 0 Å². The van der Waals surface area contributed by atoms with E-state index in [2.05, 4.69) is 44.6 Å². The second-order valence-corrected chi connectivity index (χ2v) is 6.14. The van der Waals surface area contributed by atoms with E-state index in [4.69, 9.17) is 0 Å². The van der Waals surface area contributed by atoms with Gasteiger partial charge >= 0.3 is 0 Å². The molecule has 0 aromatic carbocycles. The number of aliphatic imine (C=N–C) groups is 1. The first-order valence-electron chi connectivity index (χ1n) is 8.31. The van der Waals surface area contributed by atoms with Gasteiger partial charge in [0.2, 0.25) is 0 Å². The zero-order valence-corrected chi connectivity index (χ0v) is 13.6. The van der Waals surface area contributed by atoms with E-state index < -0.39 is 0 Å². The third kappa shape index (κ3) is 6.06. The molecular weight excluding hydrogens is 262 g/mol. The quantitative estimate of drug-likeness (QED) is 0.342. The van der Waals surface area contributed by atoms with Gasteiger partial charge in [-0.3, -0.25) is 4.99 Å². The molecule has 0 radical (unpaired) electrons. The number of hydrogen-bond acceptors (Lipinski definition) is 3. The summed E-state index contributed by atoms with van der Waals surface area (Å²) in [4.78, 5) is 9.32. The van der Waals surface area contributed by atoms with Crippen LogP contribution >= 0.6 is 0 Å². The van der Waals surface area contributed by atoms with Gasteiger partial charge in [-0.25, -0.2) is 0 Å². The molecule has 2 rings (SSSR count). The summed E-state index contributed by atoms with van der Waals surface area (Å²) in [6, 6.07) is 0.525. The first-order chi connectivity index (χ1) is 10.3. The Morgan fingerprint density at radius 1 is 1.19 bits per heavy atom. The van der Waals surface area contributed by atoms with Gasteiger partial charge in [-0.05, 0) is 52.4 Å². The van der Waals surface area contributed by atoms with Crippen molar-refractivity contribution in [3.8, 4) is 0 Å². The molecule has 0 spiro atoms. The molecule has 0 aromatic heterocycles. The lowest BCUT2D eigenvalue weighted by molar-refractivity contribution is 0.274. The van der Waals surface area contributed by atoms with Crippen molar-refractivity contribution < 1.29 is 0 Å². The van der Waals surface area contributed by atoms with Crippen molar-refractivity contribution in [1.29, 1.82) is 0 Å². The van der Waals surface area contributed by atoms with Crippen LogP contribution in [0.5, 0.6) is 0 Å². The number of nitrogens with one attached hydrogen (secondary N) is 2. The maximum absolute atomic E-state index is 4.31. The first-order valence-corrected chi connectivity index (χ1v) is 8.31. The molecule has 0 atom stereocenters. The first kappa shape index (κ1) is 16.3. The minimum absolute atomic E-state index is 0.525. The summed E-state index contributed by atoms with van der Waals surface area (Å²) < 4.78 is 0. The van der Waals surface area contributed by atoms with Crippen molar-refractivity contribution in [2.75, 3.05) is 53.4 Å². The number of guanidine groups is 1. The van der Waals surface area contributed by atoms with Gasteiger partial charge in [-0.15, -0.1) is 0 Å². The van der Waals surface area contributed by atoms with Gasteiger partial charge in [0.25, 0.3) is 0 Å².